The number of hydrogen-bond acceptors (Lipinski definition) is 7. The molecule has 0 aliphatic carbocycles. The van der Waals surface area contributed by atoms with E-state index >= 15 is 0 Å². The summed E-state index contributed by atoms with van der Waals surface area (Å²) >= 11 is 2.19. The summed E-state index contributed by atoms with van der Waals surface area (Å²) in [5.41, 5.74) is -0.0485. The van der Waals surface area contributed by atoms with E-state index in [2.05, 4.69) is 0 Å². The summed E-state index contributed by atoms with van der Waals surface area (Å²) in [5, 5.41) is 7.03. The van der Waals surface area contributed by atoms with E-state index in [4.69, 9.17) is 19.7 Å². The molecule has 25 heavy (non-hydrogen) atoms. The summed E-state index contributed by atoms with van der Waals surface area (Å²) in [6.07, 6.45) is -3.20. The minimum atomic E-state index is -4.41. The summed E-state index contributed by atoms with van der Waals surface area (Å²) in [6, 6.07) is 2.21. The molecule has 1 aromatic heterocycles. The van der Waals surface area contributed by atoms with Gasteiger partial charge in [-0.1, -0.05) is 23.1 Å². The van der Waals surface area contributed by atoms with E-state index in [1.165, 1.54) is 0 Å². The minimum absolute atomic E-state index is 0.235. The second kappa shape index (κ2) is 5.96. The maximum atomic E-state index is 12.9. The molecule has 3 heterocycles. The van der Waals surface area contributed by atoms with E-state index in [1.807, 2.05) is 0 Å². The van der Waals surface area contributed by atoms with Gasteiger partial charge in [0.1, 0.15) is 0 Å². The molecule has 1 spiro atoms. The van der Waals surface area contributed by atoms with Crippen LogP contribution in [-0.2, 0) is 32.6 Å². The predicted octanol–water partition coefficient (Wildman–Crippen LogP) is 2.82. The molecule has 1 saturated heterocycles. The fourth-order valence-electron chi connectivity index (χ4n) is 2.27. The van der Waals surface area contributed by atoms with Crippen LogP contribution in [0.1, 0.15) is 12.0 Å². The van der Waals surface area contributed by atoms with Crippen molar-refractivity contribution in [2.75, 3.05) is 6.26 Å². The normalized spacial score (nSPS) is 18.6. The largest absolute Gasteiger partial charge is 0.416 e. The van der Waals surface area contributed by atoms with Gasteiger partial charge in [0.25, 0.3) is 15.2 Å². The topological polar surface area (TPSA) is 108 Å². The summed E-state index contributed by atoms with van der Waals surface area (Å²) in [7, 11) is -3.67. The van der Waals surface area contributed by atoms with Crippen molar-refractivity contribution in [2.45, 2.75) is 29.2 Å². The fraction of sp³-hybridized carbons (Fsp3) is 0.417. The Kier molecular flexibility index (Phi) is 4.45. The van der Waals surface area contributed by atoms with Crippen molar-refractivity contribution >= 4 is 43.4 Å². The molecule has 2 aromatic rings. The van der Waals surface area contributed by atoms with Crippen LogP contribution in [0.2, 0.25) is 0 Å². The van der Waals surface area contributed by atoms with Gasteiger partial charge in [-0.3, -0.25) is 9.96 Å². The number of halogens is 3. The molecule has 7 nitrogen and oxygen atoms in total. The van der Waals surface area contributed by atoms with E-state index in [-0.39, 0.29) is 4.80 Å². The van der Waals surface area contributed by atoms with Crippen molar-refractivity contribution in [1.82, 2.24) is 4.57 Å². The third kappa shape index (κ3) is 4.17. The molecule has 13 heteroatoms. The number of benzene rings is 1. The van der Waals surface area contributed by atoms with Crippen LogP contribution in [0.15, 0.2) is 17.0 Å². The van der Waals surface area contributed by atoms with Gasteiger partial charge in [0.2, 0.25) is 0 Å². The molecule has 2 aliphatic rings. The lowest BCUT2D eigenvalue weighted by molar-refractivity contribution is -0.137. The Morgan fingerprint density at radius 3 is 2.48 bits per heavy atom. The highest BCUT2D eigenvalue weighted by atomic mass is 32.2. The first-order valence-corrected chi connectivity index (χ1v) is 10.1. The molecule has 0 bridgehead atoms. The average molecular weight is 416 g/mol. The van der Waals surface area contributed by atoms with Gasteiger partial charge >= 0.3 is 6.18 Å². The number of hydrogen-bond donors (Lipinski definition) is 2. The molecule has 4 rings (SSSR count). The van der Waals surface area contributed by atoms with Gasteiger partial charge in [0.15, 0.2) is 4.80 Å². The number of aromatic nitrogens is 1. The van der Waals surface area contributed by atoms with Crippen molar-refractivity contribution in [2.24, 2.45) is 0 Å². The number of thiazole rings is 1. The van der Waals surface area contributed by atoms with Crippen LogP contribution >= 0.6 is 23.1 Å². The lowest BCUT2D eigenvalue weighted by atomic mass is 10.2. The van der Waals surface area contributed by atoms with Crippen LogP contribution in [-0.4, -0.2) is 28.9 Å². The number of rotatable bonds is 0. The number of thioether (sulfide) groups is 1. The highest BCUT2D eigenvalue weighted by Gasteiger charge is 2.52. The van der Waals surface area contributed by atoms with Gasteiger partial charge in [-0.05, 0) is 12.1 Å². The van der Waals surface area contributed by atoms with Gasteiger partial charge in [-0.15, -0.1) is 0 Å². The van der Waals surface area contributed by atoms with Gasteiger partial charge in [0, 0.05) is 17.9 Å². The fourth-order valence-corrected chi connectivity index (χ4v) is 4.47. The van der Waals surface area contributed by atoms with E-state index in [9.17, 15) is 21.6 Å². The van der Waals surface area contributed by atoms with E-state index in [0.29, 0.717) is 34.3 Å². The van der Waals surface area contributed by atoms with Crippen LogP contribution in [0.3, 0.4) is 0 Å². The van der Waals surface area contributed by atoms with Gasteiger partial charge in [0.05, 0.1) is 22.0 Å². The van der Waals surface area contributed by atoms with Crippen molar-refractivity contribution in [3.63, 3.8) is 0 Å². The Labute approximate surface area is 147 Å². The van der Waals surface area contributed by atoms with Crippen LogP contribution < -0.4 is 4.80 Å². The van der Waals surface area contributed by atoms with Crippen molar-refractivity contribution < 1.29 is 35.9 Å². The van der Waals surface area contributed by atoms with Gasteiger partial charge in [-0.25, -0.2) is 0 Å². The maximum Gasteiger partial charge on any atom is 0.416 e. The SMILES string of the molecule is CS(=O)(=O)O.N=c1sc2cc(C(F)(F)F)cc3c2n1CCC1(OO1)S3. The van der Waals surface area contributed by atoms with E-state index < -0.39 is 27.0 Å². The zero-order chi connectivity index (χ0) is 18.6. The number of alkyl halides is 3. The monoisotopic (exact) mass is 416 g/mol. The number of nitrogens with zero attached hydrogens (tertiary/aromatic N) is 1. The first-order valence-electron chi connectivity index (χ1n) is 6.65. The first kappa shape index (κ1) is 18.7. The van der Waals surface area contributed by atoms with Crippen LogP contribution in [0, 0.1) is 5.41 Å². The van der Waals surface area contributed by atoms with Crippen molar-refractivity contribution in [3.05, 3.63) is 22.5 Å². The molecule has 0 atom stereocenters. The van der Waals surface area contributed by atoms with Gasteiger partial charge < -0.3 is 4.57 Å². The summed E-state index contributed by atoms with van der Waals surface area (Å²) in [5.74, 6) is 0. The van der Waals surface area contributed by atoms with Crippen LogP contribution in [0.4, 0.5) is 13.2 Å². The Morgan fingerprint density at radius 2 is 1.96 bits per heavy atom. The smallest absolute Gasteiger partial charge is 0.316 e. The van der Waals surface area contributed by atoms with Crippen molar-refractivity contribution in [3.8, 4) is 0 Å². The summed E-state index contributed by atoms with van der Waals surface area (Å²) in [4.78, 5) is 10.5. The molecule has 138 valence electrons. The lowest BCUT2D eigenvalue weighted by Crippen LogP contribution is -2.15. The lowest BCUT2D eigenvalue weighted by Gasteiger charge is -2.10. The highest BCUT2D eigenvalue weighted by Crippen LogP contribution is 2.52. The quantitative estimate of drug-likeness (QED) is 0.388. The molecule has 0 radical (unpaired) electrons. The zero-order valence-electron chi connectivity index (χ0n) is 12.5. The molecule has 0 saturated carbocycles. The Bertz CT molecular complexity index is 984. The summed E-state index contributed by atoms with van der Waals surface area (Å²) < 4.78 is 66.9. The predicted molar refractivity (Wildman–Crippen MR) is 83.5 cm³/mol. The average Bonchev–Trinajstić information content (AvgIpc) is 3.13. The Balaban J connectivity index is 0.000000324. The molecule has 1 fully saturated rings. The maximum absolute atomic E-state index is 12.9. The van der Waals surface area contributed by atoms with Crippen molar-refractivity contribution in [1.29, 1.82) is 5.41 Å². The second-order valence-electron chi connectivity index (χ2n) is 5.31. The molecule has 2 N–H and O–H groups in total. The van der Waals surface area contributed by atoms with E-state index in [0.717, 1.165) is 35.2 Å². The van der Waals surface area contributed by atoms with E-state index in [1.54, 1.807) is 4.57 Å². The summed E-state index contributed by atoms with van der Waals surface area (Å²) in [6.45, 7) is 0.490. The zero-order valence-corrected chi connectivity index (χ0v) is 14.9. The van der Waals surface area contributed by atoms with Crippen LogP contribution in [0.25, 0.3) is 10.2 Å². The molecular weight excluding hydrogens is 405 g/mol. The standard InChI is InChI=1S/C11H7F3N2O2S2.CH4O3S/c12-11(13,14)5-3-6-8-7(4-5)20-10(17-18-10)1-2-16(8)9(15)19-6;1-5(2,3)4/h3-4,15H,1-2H2;1H3,(H,2,3,4). The Morgan fingerprint density at radius 1 is 1.36 bits per heavy atom. The molecule has 0 unspecified atom stereocenters. The van der Waals surface area contributed by atoms with Crippen LogP contribution in [0.5, 0.6) is 0 Å². The number of nitrogens with one attached hydrogen (secondary N) is 1. The van der Waals surface area contributed by atoms with Gasteiger partial charge in [-0.2, -0.15) is 31.4 Å². The molecular formula is C12H11F3N2O5S3. The Hall–Kier alpha value is -1.12. The molecule has 1 aromatic carbocycles. The third-order valence-electron chi connectivity index (χ3n) is 3.27. The molecule has 0 amide bonds. The highest BCUT2D eigenvalue weighted by molar-refractivity contribution is 8.00. The second-order valence-corrected chi connectivity index (χ2v) is 9.08. The molecule has 2 aliphatic heterocycles. The minimum Gasteiger partial charge on any atom is -0.316 e. The first-order chi connectivity index (χ1) is 11.4. The third-order valence-corrected chi connectivity index (χ3v) is 5.39. The number of aryl methyl sites for hydroxylation is 1.